The minimum Gasteiger partial charge on any atom is -0.387 e. The third-order valence-electron chi connectivity index (χ3n) is 1.77. The normalized spacial score (nSPS) is 9.69. The molecule has 0 unspecified atom stereocenters. The molecule has 0 amide bonds. The van der Waals surface area contributed by atoms with Crippen LogP contribution in [0.4, 0.5) is 5.69 Å². The highest BCUT2D eigenvalue weighted by atomic mass is 35.5. The van der Waals surface area contributed by atoms with Crippen molar-refractivity contribution < 1.29 is 0 Å². The topological polar surface area (TPSA) is 40.7 Å². The van der Waals surface area contributed by atoms with E-state index in [1.54, 1.807) is 12.4 Å². The monoisotopic (exact) mass is 217 g/mol. The molecule has 0 radical (unpaired) electrons. The quantitative estimate of drug-likeness (QED) is 0.772. The second-order valence-electron chi connectivity index (χ2n) is 2.51. The highest BCUT2D eigenvalue weighted by Gasteiger charge is 2.01. The molecular formula is C8H9Cl2N3. The van der Waals surface area contributed by atoms with Crippen LogP contribution < -0.4 is 5.32 Å². The third kappa shape index (κ3) is 1.71. The molecule has 2 aromatic rings. The van der Waals surface area contributed by atoms with Crippen molar-refractivity contribution in [1.29, 1.82) is 0 Å². The van der Waals surface area contributed by atoms with Gasteiger partial charge in [0.2, 0.25) is 0 Å². The number of nitrogens with one attached hydrogen (secondary N) is 2. The van der Waals surface area contributed by atoms with Crippen LogP contribution in [-0.4, -0.2) is 17.0 Å². The Hall–Kier alpha value is -0.930. The maximum absolute atomic E-state index is 5.90. The predicted octanol–water partition coefficient (Wildman–Crippen LogP) is 2.68. The summed E-state index contributed by atoms with van der Waals surface area (Å²) in [5.41, 5.74) is 1.78. The molecule has 0 aliphatic heterocycles. The Labute approximate surface area is 86.9 Å². The van der Waals surface area contributed by atoms with Crippen molar-refractivity contribution in [3.63, 3.8) is 0 Å². The predicted molar refractivity (Wildman–Crippen MR) is 57.9 cm³/mol. The summed E-state index contributed by atoms with van der Waals surface area (Å²) in [5.74, 6) is 0. The first-order valence-electron chi connectivity index (χ1n) is 3.61. The maximum Gasteiger partial charge on any atom is 0.138 e. The van der Waals surface area contributed by atoms with Crippen molar-refractivity contribution in [2.45, 2.75) is 0 Å². The van der Waals surface area contributed by atoms with Gasteiger partial charge in [-0.15, -0.1) is 12.4 Å². The summed E-state index contributed by atoms with van der Waals surface area (Å²) in [6, 6.07) is 1.96. The van der Waals surface area contributed by atoms with E-state index in [1.807, 2.05) is 13.1 Å². The lowest BCUT2D eigenvalue weighted by Gasteiger charge is -1.97. The van der Waals surface area contributed by atoms with Crippen LogP contribution in [0.25, 0.3) is 11.0 Å². The second-order valence-corrected chi connectivity index (χ2v) is 2.91. The molecular weight excluding hydrogens is 209 g/mol. The van der Waals surface area contributed by atoms with Crippen LogP contribution >= 0.6 is 24.0 Å². The van der Waals surface area contributed by atoms with Gasteiger partial charge < -0.3 is 10.3 Å². The Morgan fingerprint density at radius 1 is 1.54 bits per heavy atom. The summed E-state index contributed by atoms with van der Waals surface area (Å²) in [6.07, 6.45) is 3.49. The van der Waals surface area contributed by atoms with Crippen molar-refractivity contribution in [3.8, 4) is 0 Å². The lowest BCUT2D eigenvalue weighted by molar-refractivity contribution is 1.31. The molecule has 3 nitrogen and oxygen atoms in total. The number of rotatable bonds is 1. The average molecular weight is 218 g/mol. The van der Waals surface area contributed by atoms with Gasteiger partial charge in [0.15, 0.2) is 0 Å². The third-order valence-corrected chi connectivity index (χ3v) is 2.08. The maximum atomic E-state index is 5.90. The molecule has 2 rings (SSSR count). The Balaban J connectivity index is 0.000000845. The Kier molecular flexibility index (Phi) is 3.01. The van der Waals surface area contributed by atoms with Crippen molar-refractivity contribution in [3.05, 3.63) is 23.5 Å². The molecule has 0 aliphatic rings. The Morgan fingerprint density at radius 3 is 3.00 bits per heavy atom. The molecule has 0 saturated carbocycles. The standard InChI is InChI=1S/C8H8ClN3.ClH/c1-10-5-2-6-7(9)4-12-8(6)11-3-5;/h2-4,10H,1H3,(H,11,12);1H. The van der Waals surface area contributed by atoms with E-state index < -0.39 is 0 Å². The highest BCUT2D eigenvalue weighted by molar-refractivity contribution is 6.35. The smallest absolute Gasteiger partial charge is 0.138 e. The van der Waals surface area contributed by atoms with Gasteiger partial charge in [0, 0.05) is 18.6 Å². The molecule has 2 aromatic heterocycles. The summed E-state index contributed by atoms with van der Waals surface area (Å²) in [4.78, 5) is 7.14. The van der Waals surface area contributed by atoms with Gasteiger partial charge in [0.25, 0.3) is 0 Å². The number of hydrogen-bond acceptors (Lipinski definition) is 2. The summed E-state index contributed by atoms with van der Waals surface area (Å²) in [7, 11) is 1.85. The zero-order chi connectivity index (χ0) is 8.55. The van der Waals surface area contributed by atoms with E-state index in [0.29, 0.717) is 5.02 Å². The first-order chi connectivity index (χ1) is 5.81. The fraction of sp³-hybridized carbons (Fsp3) is 0.125. The van der Waals surface area contributed by atoms with E-state index in [1.165, 1.54) is 0 Å². The number of anilines is 1. The number of nitrogens with zero attached hydrogens (tertiary/aromatic N) is 1. The second kappa shape index (κ2) is 3.85. The SMILES string of the molecule is CNc1cnc2[nH]cc(Cl)c2c1.Cl. The number of aromatic amines is 1. The van der Waals surface area contributed by atoms with Crippen molar-refractivity contribution in [1.82, 2.24) is 9.97 Å². The number of aromatic nitrogens is 2. The van der Waals surface area contributed by atoms with E-state index in [0.717, 1.165) is 16.7 Å². The van der Waals surface area contributed by atoms with Gasteiger partial charge >= 0.3 is 0 Å². The van der Waals surface area contributed by atoms with E-state index in [-0.39, 0.29) is 12.4 Å². The van der Waals surface area contributed by atoms with E-state index >= 15 is 0 Å². The van der Waals surface area contributed by atoms with Crippen LogP contribution in [-0.2, 0) is 0 Å². The fourth-order valence-electron chi connectivity index (χ4n) is 1.11. The van der Waals surface area contributed by atoms with Crippen LogP contribution in [0, 0.1) is 0 Å². The van der Waals surface area contributed by atoms with E-state index in [4.69, 9.17) is 11.6 Å². The van der Waals surface area contributed by atoms with Crippen molar-refractivity contribution in [2.75, 3.05) is 12.4 Å². The summed E-state index contributed by atoms with van der Waals surface area (Å²) >= 11 is 5.90. The zero-order valence-corrected chi connectivity index (χ0v) is 8.54. The number of H-pyrrole nitrogens is 1. The molecule has 13 heavy (non-hydrogen) atoms. The van der Waals surface area contributed by atoms with Gasteiger partial charge in [0.05, 0.1) is 16.9 Å². The van der Waals surface area contributed by atoms with Gasteiger partial charge in [-0.2, -0.15) is 0 Å². The molecule has 0 aromatic carbocycles. The fourth-order valence-corrected chi connectivity index (χ4v) is 1.31. The van der Waals surface area contributed by atoms with E-state index in [9.17, 15) is 0 Å². The molecule has 0 fully saturated rings. The van der Waals surface area contributed by atoms with Crippen molar-refractivity contribution in [2.24, 2.45) is 0 Å². The van der Waals surface area contributed by atoms with E-state index in [2.05, 4.69) is 15.3 Å². The number of pyridine rings is 1. The average Bonchev–Trinajstić information content (AvgIpc) is 2.47. The molecule has 0 saturated heterocycles. The lowest BCUT2D eigenvalue weighted by atomic mass is 10.3. The van der Waals surface area contributed by atoms with Crippen LogP contribution in [0.15, 0.2) is 18.5 Å². The zero-order valence-electron chi connectivity index (χ0n) is 6.97. The lowest BCUT2D eigenvalue weighted by Crippen LogP contribution is -1.88. The molecule has 2 N–H and O–H groups in total. The van der Waals surface area contributed by atoms with Gasteiger partial charge in [-0.3, -0.25) is 0 Å². The molecule has 2 heterocycles. The Morgan fingerprint density at radius 2 is 2.31 bits per heavy atom. The minimum absolute atomic E-state index is 0. The van der Waals surface area contributed by atoms with Gasteiger partial charge in [-0.25, -0.2) is 4.98 Å². The molecule has 0 bridgehead atoms. The first kappa shape index (κ1) is 10.2. The molecule has 0 atom stereocenters. The number of hydrogen-bond donors (Lipinski definition) is 2. The van der Waals surface area contributed by atoms with Gasteiger partial charge in [0.1, 0.15) is 5.65 Å². The summed E-state index contributed by atoms with van der Waals surface area (Å²) in [5, 5.41) is 4.65. The molecule has 0 aliphatic carbocycles. The minimum atomic E-state index is 0. The molecule has 70 valence electrons. The highest BCUT2D eigenvalue weighted by Crippen LogP contribution is 2.23. The largest absolute Gasteiger partial charge is 0.387 e. The van der Waals surface area contributed by atoms with Crippen molar-refractivity contribution >= 4 is 40.7 Å². The Bertz CT molecular complexity index is 411. The molecule has 0 spiro atoms. The van der Waals surface area contributed by atoms with Crippen LogP contribution in [0.5, 0.6) is 0 Å². The molecule has 5 heteroatoms. The van der Waals surface area contributed by atoms with Gasteiger partial charge in [-0.1, -0.05) is 11.6 Å². The summed E-state index contributed by atoms with van der Waals surface area (Å²) < 4.78 is 0. The summed E-state index contributed by atoms with van der Waals surface area (Å²) in [6.45, 7) is 0. The van der Waals surface area contributed by atoms with Crippen LogP contribution in [0.1, 0.15) is 0 Å². The number of fused-ring (bicyclic) bond motifs is 1. The van der Waals surface area contributed by atoms with Crippen LogP contribution in [0.2, 0.25) is 5.02 Å². The van der Waals surface area contributed by atoms with Gasteiger partial charge in [-0.05, 0) is 6.07 Å². The first-order valence-corrected chi connectivity index (χ1v) is 3.99. The number of halogens is 2. The van der Waals surface area contributed by atoms with Crippen LogP contribution in [0.3, 0.4) is 0 Å².